The monoisotopic (exact) mass is 566 g/mol. The maximum atomic E-state index is 14.1. The Bertz CT molecular complexity index is 1200. The molecule has 2 atom stereocenters. The summed E-state index contributed by atoms with van der Waals surface area (Å²) in [4.78, 5) is 30.6. The predicted octanol–water partition coefficient (Wildman–Crippen LogP) is 4.87. The Morgan fingerprint density at radius 2 is 1.88 bits per heavy atom. The summed E-state index contributed by atoms with van der Waals surface area (Å²) in [6.07, 6.45) is 0.458. The molecular formula is C27H37F3N6O4. The number of urea groups is 1. The third kappa shape index (κ3) is 7.03. The van der Waals surface area contributed by atoms with Crippen molar-refractivity contribution >= 4 is 12.0 Å². The first-order valence-corrected chi connectivity index (χ1v) is 13.8. The highest BCUT2D eigenvalue weighted by Crippen LogP contribution is 2.38. The minimum atomic E-state index is -4.80. The highest BCUT2D eigenvalue weighted by Gasteiger charge is 2.39. The molecule has 220 valence electrons. The van der Waals surface area contributed by atoms with Gasteiger partial charge in [0.1, 0.15) is 5.69 Å². The van der Waals surface area contributed by atoms with Gasteiger partial charge in [0.2, 0.25) is 0 Å². The Hall–Kier alpha value is -3.38. The molecule has 2 fully saturated rings. The Kier molecular flexibility index (Phi) is 9.19. The van der Waals surface area contributed by atoms with Crippen LogP contribution in [0.25, 0.3) is 11.4 Å². The van der Waals surface area contributed by atoms with E-state index in [2.05, 4.69) is 20.6 Å². The number of carbonyl (C=O) groups is 2. The van der Waals surface area contributed by atoms with E-state index in [-0.39, 0.29) is 48.5 Å². The molecule has 2 aliphatic rings. The van der Waals surface area contributed by atoms with Crippen LogP contribution < -0.4 is 10.1 Å². The number of nitrogens with zero attached hydrogens (tertiary/aromatic N) is 5. The van der Waals surface area contributed by atoms with Gasteiger partial charge in [0, 0.05) is 20.1 Å². The topological polar surface area (TPSA) is 111 Å². The lowest BCUT2D eigenvalue weighted by atomic mass is 9.87. The molecule has 13 heteroatoms. The number of aryl methyl sites for hydroxylation is 1. The molecule has 0 aromatic carbocycles. The number of esters is 1. The molecule has 0 saturated heterocycles. The van der Waals surface area contributed by atoms with Crippen LogP contribution in [0.5, 0.6) is 5.75 Å². The van der Waals surface area contributed by atoms with E-state index in [0.29, 0.717) is 25.0 Å². The third-order valence-corrected chi connectivity index (χ3v) is 7.52. The predicted molar refractivity (Wildman–Crippen MR) is 139 cm³/mol. The van der Waals surface area contributed by atoms with E-state index >= 15 is 0 Å². The summed E-state index contributed by atoms with van der Waals surface area (Å²) in [5.74, 6) is -1.19. The van der Waals surface area contributed by atoms with E-state index in [0.717, 1.165) is 25.7 Å². The van der Waals surface area contributed by atoms with Crippen LogP contribution >= 0.6 is 0 Å². The molecular weight excluding hydrogens is 529 g/mol. The van der Waals surface area contributed by atoms with Gasteiger partial charge in [-0.15, -0.1) is 5.10 Å². The van der Waals surface area contributed by atoms with Gasteiger partial charge >= 0.3 is 18.2 Å². The number of hydrogen-bond acceptors (Lipinski definition) is 7. The molecule has 2 aliphatic carbocycles. The molecule has 4 rings (SSSR count). The van der Waals surface area contributed by atoms with Gasteiger partial charge in [0.15, 0.2) is 11.4 Å². The van der Waals surface area contributed by atoms with Crippen molar-refractivity contribution in [2.24, 2.45) is 13.0 Å². The molecule has 0 spiro atoms. The van der Waals surface area contributed by atoms with E-state index in [1.54, 1.807) is 32.8 Å². The molecule has 1 N–H and O–H groups in total. The normalized spacial score (nSPS) is 20.0. The van der Waals surface area contributed by atoms with E-state index in [4.69, 9.17) is 9.47 Å². The summed E-state index contributed by atoms with van der Waals surface area (Å²) in [6, 6.07) is 2.53. The quantitative estimate of drug-likeness (QED) is 0.454. The summed E-state index contributed by atoms with van der Waals surface area (Å²) in [5, 5.41) is 10.8. The van der Waals surface area contributed by atoms with Gasteiger partial charge in [-0.05, 0) is 64.5 Å². The van der Waals surface area contributed by atoms with E-state index in [1.807, 2.05) is 0 Å². The van der Waals surface area contributed by atoms with Crippen molar-refractivity contribution in [2.75, 3.05) is 7.05 Å². The number of hydrogen-bond donors (Lipinski definition) is 1. The average molecular weight is 567 g/mol. The van der Waals surface area contributed by atoms with Crippen LogP contribution in [0.1, 0.15) is 76.6 Å². The van der Waals surface area contributed by atoms with Crippen LogP contribution in [-0.4, -0.2) is 62.2 Å². The van der Waals surface area contributed by atoms with Crippen molar-refractivity contribution in [1.82, 2.24) is 30.2 Å². The number of halogens is 3. The largest absolute Gasteiger partial charge is 0.488 e. The molecule has 10 nitrogen and oxygen atoms in total. The summed E-state index contributed by atoms with van der Waals surface area (Å²) in [7, 11) is 3.34. The Morgan fingerprint density at radius 3 is 2.55 bits per heavy atom. The van der Waals surface area contributed by atoms with E-state index in [1.165, 1.54) is 16.8 Å². The minimum Gasteiger partial charge on any atom is -0.488 e. The molecule has 0 radical (unpaired) electrons. The molecule has 0 bridgehead atoms. The van der Waals surface area contributed by atoms with Crippen LogP contribution in [0, 0.1) is 5.92 Å². The fraction of sp³-hybridized carbons (Fsp3) is 0.667. The van der Waals surface area contributed by atoms with Gasteiger partial charge in [0.05, 0.1) is 36.1 Å². The second-order valence-corrected chi connectivity index (χ2v) is 10.8. The summed E-state index contributed by atoms with van der Waals surface area (Å²) in [6.45, 7) is 3.53. The third-order valence-electron chi connectivity index (χ3n) is 7.52. The van der Waals surface area contributed by atoms with Crippen molar-refractivity contribution in [1.29, 1.82) is 0 Å². The van der Waals surface area contributed by atoms with Crippen LogP contribution in [-0.2, 0) is 29.3 Å². The van der Waals surface area contributed by atoms with Crippen molar-refractivity contribution in [2.45, 2.75) is 96.2 Å². The lowest BCUT2D eigenvalue weighted by molar-refractivity contribution is -0.155. The molecule has 2 heterocycles. The number of amides is 2. The number of pyridine rings is 1. The maximum Gasteiger partial charge on any atom is 0.437 e. The zero-order valence-corrected chi connectivity index (χ0v) is 23.3. The zero-order chi connectivity index (χ0) is 29.0. The number of ether oxygens (including phenoxy) is 2. The number of alkyl halides is 3. The second-order valence-electron chi connectivity index (χ2n) is 10.8. The van der Waals surface area contributed by atoms with Gasteiger partial charge in [0.25, 0.3) is 0 Å². The van der Waals surface area contributed by atoms with Crippen molar-refractivity contribution in [3.63, 3.8) is 0 Å². The van der Waals surface area contributed by atoms with Crippen molar-refractivity contribution in [3.8, 4) is 17.1 Å². The molecule has 2 saturated carbocycles. The highest BCUT2D eigenvalue weighted by atomic mass is 19.4. The number of aromatic nitrogens is 4. The summed E-state index contributed by atoms with van der Waals surface area (Å²) < 4.78 is 54.8. The molecule has 0 aliphatic heterocycles. The SMILES string of the molecule is CC(C)OC(=O)[C@H]1CCCC(Oc2ccc(-c3nnn(C)c3CNC(=O)N(C)C3CCCC3)nc2C(F)(F)F)C1. The summed E-state index contributed by atoms with van der Waals surface area (Å²) >= 11 is 0. The van der Waals surface area contributed by atoms with Crippen LogP contribution in [0.3, 0.4) is 0 Å². The smallest absolute Gasteiger partial charge is 0.437 e. The van der Waals surface area contributed by atoms with Gasteiger partial charge in [-0.3, -0.25) is 4.79 Å². The zero-order valence-electron chi connectivity index (χ0n) is 23.3. The van der Waals surface area contributed by atoms with Crippen LogP contribution in [0.4, 0.5) is 18.0 Å². The van der Waals surface area contributed by atoms with Gasteiger partial charge < -0.3 is 19.7 Å². The maximum absolute atomic E-state index is 14.1. The lowest BCUT2D eigenvalue weighted by Gasteiger charge is -2.29. The highest BCUT2D eigenvalue weighted by molar-refractivity contribution is 5.74. The first-order valence-electron chi connectivity index (χ1n) is 13.8. The van der Waals surface area contributed by atoms with Gasteiger partial charge in [-0.1, -0.05) is 18.1 Å². The molecule has 2 amide bonds. The molecule has 40 heavy (non-hydrogen) atoms. The van der Waals surface area contributed by atoms with Crippen LogP contribution in [0.2, 0.25) is 0 Å². The Balaban J connectivity index is 1.51. The second kappa shape index (κ2) is 12.4. The molecule has 1 unspecified atom stereocenters. The fourth-order valence-electron chi connectivity index (χ4n) is 5.37. The average Bonchev–Trinajstić information content (AvgIpc) is 3.56. The number of nitrogens with one attached hydrogen (secondary N) is 1. The molecule has 2 aromatic rings. The first-order chi connectivity index (χ1) is 18.9. The fourth-order valence-corrected chi connectivity index (χ4v) is 5.37. The van der Waals surface area contributed by atoms with E-state index in [9.17, 15) is 22.8 Å². The van der Waals surface area contributed by atoms with Crippen LogP contribution in [0.15, 0.2) is 12.1 Å². The molecule has 2 aromatic heterocycles. The van der Waals surface area contributed by atoms with Gasteiger partial charge in [-0.25, -0.2) is 14.5 Å². The van der Waals surface area contributed by atoms with Crippen molar-refractivity contribution < 1.29 is 32.2 Å². The minimum absolute atomic E-state index is 0.0198. The Morgan fingerprint density at radius 1 is 1.15 bits per heavy atom. The number of carbonyl (C=O) groups excluding carboxylic acids is 2. The lowest BCUT2D eigenvalue weighted by Crippen LogP contribution is -2.42. The first kappa shape index (κ1) is 29.6. The van der Waals surface area contributed by atoms with Crippen molar-refractivity contribution in [3.05, 3.63) is 23.5 Å². The number of rotatable bonds is 8. The summed E-state index contributed by atoms with van der Waals surface area (Å²) in [5.41, 5.74) is -0.666. The van der Waals surface area contributed by atoms with E-state index < -0.39 is 29.6 Å². The Labute approximate surface area is 231 Å². The standard InChI is InChI=1S/C27H37F3N6O4/c1-16(2)39-25(37)17-8-7-11-19(14-17)40-22-13-12-20(32-24(22)27(28,29)30)23-21(36(4)34-33-23)15-31-26(38)35(3)18-9-5-6-10-18/h12-13,16-19H,5-11,14-15H2,1-4H3,(H,31,38)/t17-,19?/m0/s1. The van der Waals surface area contributed by atoms with Gasteiger partial charge in [-0.2, -0.15) is 13.2 Å².